The van der Waals surface area contributed by atoms with Crippen molar-refractivity contribution in [2.24, 2.45) is 10.7 Å². The Morgan fingerprint density at radius 3 is 2.80 bits per heavy atom. The number of likely N-dealkylation sites (N-methyl/N-ethyl adjacent to an activating group) is 2. The number of halogens is 2. The highest BCUT2D eigenvalue weighted by Gasteiger charge is 2.22. The molecule has 1 aromatic carbocycles. The summed E-state index contributed by atoms with van der Waals surface area (Å²) in [6.07, 6.45) is 2.47. The number of benzene rings is 1. The Morgan fingerprint density at radius 2 is 2.12 bits per heavy atom. The largest absolute Gasteiger partial charge is 0.370 e. The fourth-order valence-electron chi connectivity index (χ4n) is 3.13. The molecule has 0 aliphatic carbocycles. The second kappa shape index (κ2) is 11.6. The van der Waals surface area contributed by atoms with Crippen molar-refractivity contribution in [2.45, 2.75) is 32.4 Å². The van der Waals surface area contributed by atoms with Crippen LogP contribution in [0.1, 0.15) is 25.3 Å². The number of hydrogen-bond donors (Lipinski definition) is 2. The summed E-state index contributed by atoms with van der Waals surface area (Å²) in [5, 5.41) is 3.17. The van der Waals surface area contributed by atoms with Gasteiger partial charge in [-0.2, -0.15) is 0 Å². The van der Waals surface area contributed by atoms with Crippen LogP contribution in [0.25, 0.3) is 0 Å². The van der Waals surface area contributed by atoms with Crippen LogP contribution in [0.5, 0.6) is 0 Å². The van der Waals surface area contributed by atoms with Gasteiger partial charge >= 0.3 is 0 Å². The molecule has 1 unspecified atom stereocenters. The van der Waals surface area contributed by atoms with E-state index in [1.807, 2.05) is 19.2 Å². The Bertz CT molecular complexity index is 523. The van der Waals surface area contributed by atoms with Crippen LogP contribution in [-0.2, 0) is 6.54 Å². The Hall–Kier alpha value is -0.930. The Morgan fingerprint density at radius 1 is 1.40 bits per heavy atom. The predicted molar refractivity (Wildman–Crippen MR) is 113 cm³/mol. The molecule has 0 radical (unpaired) electrons. The van der Waals surface area contributed by atoms with E-state index in [0.717, 1.165) is 38.3 Å². The number of hydrogen-bond acceptors (Lipinski definition) is 3. The van der Waals surface area contributed by atoms with Gasteiger partial charge in [0.05, 0.1) is 6.54 Å². The van der Waals surface area contributed by atoms with E-state index >= 15 is 0 Å². The van der Waals surface area contributed by atoms with Crippen molar-refractivity contribution in [3.63, 3.8) is 0 Å². The van der Waals surface area contributed by atoms with Gasteiger partial charge in [0.15, 0.2) is 5.96 Å². The van der Waals surface area contributed by atoms with Crippen LogP contribution in [0.15, 0.2) is 29.3 Å². The van der Waals surface area contributed by atoms with Crippen molar-refractivity contribution < 1.29 is 4.39 Å². The van der Waals surface area contributed by atoms with E-state index in [1.54, 1.807) is 0 Å². The second-order valence-electron chi connectivity index (χ2n) is 6.44. The van der Waals surface area contributed by atoms with E-state index in [4.69, 9.17) is 5.73 Å². The van der Waals surface area contributed by atoms with Crippen molar-refractivity contribution in [1.82, 2.24) is 15.1 Å². The topological polar surface area (TPSA) is 56.9 Å². The number of aliphatic imine (C=N–C) groups is 1. The highest BCUT2D eigenvalue weighted by molar-refractivity contribution is 14.0. The molecule has 1 aliphatic heterocycles. The molecule has 2 rings (SSSR count). The molecule has 3 N–H and O–H groups in total. The number of rotatable bonds is 8. The third-order valence-electron chi connectivity index (χ3n) is 4.54. The first kappa shape index (κ1) is 22.1. The number of nitrogens with zero attached hydrogens (tertiary/aromatic N) is 3. The van der Waals surface area contributed by atoms with E-state index in [-0.39, 0.29) is 29.8 Å². The van der Waals surface area contributed by atoms with E-state index < -0.39 is 0 Å². The third-order valence-corrected chi connectivity index (χ3v) is 4.54. The molecule has 142 valence electrons. The third kappa shape index (κ3) is 7.87. The average molecular weight is 463 g/mol. The summed E-state index contributed by atoms with van der Waals surface area (Å²) >= 11 is 0. The maximum atomic E-state index is 12.9. The molecule has 1 saturated heterocycles. The van der Waals surface area contributed by atoms with Gasteiger partial charge in [-0.05, 0) is 50.7 Å². The fraction of sp³-hybridized carbons (Fsp3) is 0.611. The smallest absolute Gasteiger partial charge is 0.188 e. The summed E-state index contributed by atoms with van der Waals surface area (Å²) in [5.41, 5.74) is 7.05. The molecule has 1 aliphatic rings. The van der Waals surface area contributed by atoms with Crippen LogP contribution < -0.4 is 11.1 Å². The van der Waals surface area contributed by atoms with Crippen LogP contribution in [-0.4, -0.2) is 61.6 Å². The SMILES string of the molecule is CCN1CCCC1CN=C(N)NCCN(C)Cc1ccc(F)cc1.I. The van der Waals surface area contributed by atoms with Gasteiger partial charge in [-0.25, -0.2) is 4.39 Å². The quantitative estimate of drug-likeness (QED) is 0.353. The highest BCUT2D eigenvalue weighted by Crippen LogP contribution is 2.16. The van der Waals surface area contributed by atoms with Gasteiger partial charge in [0, 0.05) is 25.7 Å². The highest BCUT2D eigenvalue weighted by atomic mass is 127. The molecule has 0 saturated carbocycles. The van der Waals surface area contributed by atoms with E-state index in [2.05, 4.69) is 27.0 Å². The summed E-state index contributed by atoms with van der Waals surface area (Å²) in [5.74, 6) is 0.323. The number of likely N-dealkylation sites (tertiary alicyclic amines) is 1. The first-order valence-corrected chi connectivity index (χ1v) is 8.79. The number of guanidine groups is 1. The van der Waals surface area contributed by atoms with E-state index in [9.17, 15) is 4.39 Å². The van der Waals surface area contributed by atoms with Gasteiger partial charge in [0.25, 0.3) is 0 Å². The van der Waals surface area contributed by atoms with Gasteiger partial charge < -0.3 is 16.0 Å². The lowest BCUT2D eigenvalue weighted by Gasteiger charge is -2.21. The van der Waals surface area contributed by atoms with Crippen LogP contribution in [0.3, 0.4) is 0 Å². The molecule has 0 spiro atoms. The van der Waals surface area contributed by atoms with Crippen molar-refractivity contribution >= 4 is 29.9 Å². The minimum Gasteiger partial charge on any atom is -0.370 e. The summed E-state index contributed by atoms with van der Waals surface area (Å²) in [7, 11) is 2.04. The van der Waals surface area contributed by atoms with Gasteiger partial charge in [0.1, 0.15) is 5.82 Å². The molecular formula is C18H31FIN5. The molecular weight excluding hydrogens is 432 g/mol. The zero-order chi connectivity index (χ0) is 17.4. The minimum atomic E-state index is -0.198. The van der Waals surface area contributed by atoms with Crippen molar-refractivity contribution in [2.75, 3.05) is 39.8 Å². The zero-order valence-electron chi connectivity index (χ0n) is 15.2. The summed E-state index contributed by atoms with van der Waals surface area (Å²) in [6.45, 7) is 7.61. The maximum absolute atomic E-state index is 12.9. The summed E-state index contributed by atoms with van der Waals surface area (Å²) in [6, 6.07) is 7.16. The minimum absolute atomic E-state index is 0. The monoisotopic (exact) mass is 463 g/mol. The molecule has 25 heavy (non-hydrogen) atoms. The van der Waals surface area contributed by atoms with Crippen molar-refractivity contribution in [1.29, 1.82) is 0 Å². The fourth-order valence-corrected chi connectivity index (χ4v) is 3.13. The van der Waals surface area contributed by atoms with Crippen LogP contribution in [0.2, 0.25) is 0 Å². The van der Waals surface area contributed by atoms with Gasteiger partial charge in [-0.1, -0.05) is 19.1 Å². The van der Waals surface area contributed by atoms with Crippen LogP contribution in [0.4, 0.5) is 4.39 Å². The molecule has 0 aromatic heterocycles. The summed E-state index contributed by atoms with van der Waals surface area (Å²) in [4.78, 5) is 9.11. The maximum Gasteiger partial charge on any atom is 0.188 e. The van der Waals surface area contributed by atoms with Crippen LogP contribution >= 0.6 is 24.0 Å². The lowest BCUT2D eigenvalue weighted by Crippen LogP contribution is -2.38. The van der Waals surface area contributed by atoms with E-state index in [0.29, 0.717) is 12.0 Å². The Labute approximate surface area is 167 Å². The first-order chi connectivity index (χ1) is 11.6. The molecule has 1 atom stereocenters. The molecule has 0 amide bonds. The molecule has 1 aromatic rings. The van der Waals surface area contributed by atoms with Gasteiger partial charge in [0.2, 0.25) is 0 Å². The lowest BCUT2D eigenvalue weighted by atomic mass is 10.2. The number of nitrogens with one attached hydrogen (secondary N) is 1. The van der Waals surface area contributed by atoms with Crippen LogP contribution in [0, 0.1) is 5.82 Å². The number of nitrogens with two attached hydrogens (primary N) is 1. The lowest BCUT2D eigenvalue weighted by molar-refractivity contribution is 0.273. The Balaban J connectivity index is 0.00000312. The summed E-state index contributed by atoms with van der Waals surface area (Å²) < 4.78 is 12.9. The second-order valence-corrected chi connectivity index (χ2v) is 6.44. The predicted octanol–water partition coefficient (Wildman–Crippen LogP) is 2.26. The average Bonchev–Trinajstić information content (AvgIpc) is 3.02. The first-order valence-electron chi connectivity index (χ1n) is 8.79. The molecule has 5 nitrogen and oxygen atoms in total. The standard InChI is InChI=1S/C18H30FN5.HI/c1-3-24-11-4-5-17(24)13-22-18(20)21-10-12-23(2)14-15-6-8-16(19)9-7-15;/h6-9,17H,3-5,10-14H2,1-2H3,(H3,20,21,22);1H. The normalized spacial score (nSPS) is 18.4. The van der Waals surface area contributed by atoms with Crippen molar-refractivity contribution in [3.05, 3.63) is 35.6 Å². The molecule has 7 heteroatoms. The zero-order valence-corrected chi connectivity index (χ0v) is 17.6. The van der Waals surface area contributed by atoms with Gasteiger partial charge in [-0.3, -0.25) is 9.89 Å². The van der Waals surface area contributed by atoms with E-state index in [1.165, 1.54) is 31.5 Å². The Kier molecular flexibility index (Phi) is 10.3. The van der Waals surface area contributed by atoms with Gasteiger partial charge in [-0.15, -0.1) is 24.0 Å². The molecule has 1 heterocycles. The van der Waals surface area contributed by atoms with Crippen molar-refractivity contribution in [3.8, 4) is 0 Å². The molecule has 0 bridgehead atoms. The molecule has 1 fully saturated rings.